The number of carboxylic acid groups (broad SMARTS) is 1. The van der Waals surface area contributed by atoms with Crippen LogP contribution in [0.25, 0.3) is 0 Å². The summed E-state index contributed by atoms with van der Waals surface area (Å²) in [6, 6.07) is 0.181. The molecule has 0 spiro atoms. The van der Waals surface area contributed by atoms with Crippen molar-refractivity contribution in [2.45, 2.75) is 64.5 Å². The van der Waals surface area contributed by atoms with Crippen LogP contribution in [0.4, 0.5) is 0 Å². The first-order chi connectivity index (χ1) is 8.44. The molecule has 1 fully saturated rings. The van der Waals surface area contributed by atoms with Crippen molar-refractivity contribution in [2.75, 3.05) is 19.6 Å². The van der Waals surface area contributed by atoms with E-state index in [2.05, 4.69) is 10.2 Å². The van der Waals surface area contributed by atoms with E-state index in [4.69, 9.17) is 0 Å². The van der Waals surface area contributed by atoms with Crippen LogP contribution in [-0.2, 0) is 4.79 Å². The number of carboxylic acids is 1. The first kappa shape index (κ1) is 15.4. The van der Waals surface area contributed by atoms with E-state index >= 15 is 0 Å². The van der Waals surface area contributed by atoms with Crippen molar-refractivity contribution in [1.29, 1.82) is 0 Å². The first-order valence-corrected chi connectivity index (χ1v) is 7.17. The fraction of sp³-hybridized carbons (Fsp3) is 0.929. The Bertz CT molecular complexity index is 261. The van der Waals surface area contributed by atoms with Gasteiger partial charge in [0.15, 0.2) is 0 Å². The van der Waals surface area contributed by atoms with Gasteiger partial charge in [0, 0.05) is 12.6 Å². The van der Waals surface area contributed by atoms with E-state index in [0.29, 0.717) is 6.54 Å². The van der Waals surface area contributed by atoms with Crippen LogP contribution in [0.5, 0.6) is 0 Å². The number of carbonyl (C=O) groups is 1. The lowest BCUT2D eigenvalue weighted by Crippen LogP contribution is -2.59. The Balaban J connectivity index is 2.60. The molecule has 106 valence electrons. The molecule has 1 aliphatic rings. The Morgan fingerprint density at radius 3 is 2.17 bits per heavy atom. The van der Waals surface area contributed by atoms with Crippen molar-refractivity contribution in [3.63, 3.8) is 0 Å². The number of hydrogen-bond acceptors (Lipinski definition) is 3. The third kappa shape index (κ3) is 4.94. The van der Waals surface area contributed by atoms with Crippen LogP contribution >= 0.6 is 0 Å². The summed E-state index contributed by atoms with van der Waals surface area (Å²) in [7, 11) is 0. The van der Waals surface area contributed by atoms with Gasteiger partial charge >= 0.3 is 5.97 Å². The van der Waals surface area contributed by atoms with Crippen LogP contribution in [0.1, 0.15) is 52.9 Å². The second kappa shape index (κ2) is 7.10. The average Bonchev–Trinajstić information content (AvgIpc) is 2.20. The van der Waals surface area contributed by atoms with Crippen LogP contribution in [0.2, 0.25) is 0 Å². The highest BCUT2D eigenvalue weighted by Gasteiger charge is 2.35. The molecule has 18 heavy (non-hydrogen) atoms. The predicted octanol–water partition coefficient (Wildman–Crippen LogP) is 2.09. The van der Waals surface area contributed by atoms with Gasteiger partial charge in [-0.3, -0.25) is 10.1 Å². The molecule has 4 heteroatoms. The van der Waals surface area contributed by atoms with Crippen molar-refractivity contribution < 1.29 is 9.90 Å². The summed E-state index contributed by atoms with van der Waals surface area (Å²) in [6.07, 6.45) is 6.26. The number of rotatable bonds is 5. The summed E-state index contributed by atoms with van der Waals surface area (Å²) < 4.78 is 0. The maximum Gasteiger partial charge on any atom is 0.324 e. The molecule has 0 saturated carbocycles. The molecule has 0 amide bonds. The first-order valence-electron chi connectivity index (χ1n) is 7.17. The van der Waals surface area contributed by atoms with E-state index in [1.165, 1.54) is 32.1 Å². The molecule has 0 radical (unpaired) electrons. The van der Waals surface area contributed by atoms with Crippen LogP contribution < -0.4 is 5.32 Å². The van der Waals surface area contributed by atoms with E-state index < -0.39 is 11.5 Å². The SMILES string of the molecule is CC(C)NC(C)(CN1CCCCCCC1)C(=O)O. The number of likely N-dealkylation sites (tertiary alicyclic amines) is 1. The van der Waals surface area contributed by atoms with Crippen LogP contribution in [-0.4, -0.2) is 47.2 Å². The minimum Gasteiger partial charge on any atom is -0.480 e. The van der Waals surface area contributed by atoms with Gasteiger partial charge in [-0.1, -0.05) is 19.3 Å². The highest BCUT2D eigenvalue weighted by atomic mass is 16.4. The van der Waals surface area contributed by atoms with E-state index in [1.54, 1.807) is 6.92 Å². The smallest absolute Gasteiger partial charge is 0.324 e. The molecule has 0 aliphatic carbocycles. The lowest BCUT2D eigenvalue weighted by atomic mass is 9.99. The molecule has 0 bridgehead atoms. The Morgan fingerprint density at radius 2 is 1.72 bits per heavy atom. The summed E-state index contributed by atoms with van der Waals surface area (Å²) >= 11 is 0. The van der Waals surface area contributed by atoms with E-state index in [9.17, 15) is 9.90 Å². The fourth-order valence-electron chi connectivity index (χ4n) is 2.73. The third-order valence-electron chi connectivity index (χ3n) is 3.57. The number of nitrogens with zero attached hydrogens (tertiary/aromatic N) is 1. The normalized spacial score (nSPS) is 22.2. The van der Waals surface area contributed by atoms with E-state index in [1.807, 2.05) is 13.8 Å². The zero-order chi connectivity index (χ0) is 13.6. The van der Waals surface area contributed by atoms with Crippen LogP contribution in [0, 0.1) is 0 Å². The lowest BCUT2D eigenvalue weighted by Gasteiger charge is -2.35. The lowest BCUT2D eigenvalue weighted by molar-refractivity contribution is -0.145. The molecular weight excluding hydrogens is 228 g/mol. The van der Waals surface area contributed by atoms with Crippen LogP contribution in [0.3, 0.4) is 0 Å². The van der Waals surface area contributed by atoms with Gasteiger partial charge in [0.2, 0.25) is 0 Å². The molecule has 1 saturated heterocycles. The summed E-state index contributed by atoms with van der Waals surface area (Å²) in [5.41, 5.74) is -0.840. The summed E-state index contributed by atoms with van der Waals surface area (Å²) in [6.45, 7) is 8.45. The summed E-state index contributed by atoms with van der Waals surface area (Å²) in [4.78, 5) is 13.8. The quantitative estimate of drug-likeness (QED) is 0.791. The highest BCUT2D eigenvalue weighted by Crippen LogP contribution is 2.15. The minimum absolute atomic E-state index is 0.181. The van der Waals surface area contributed by atoms with Crippen molar-refractivity contribution in [2.24, 2.45) is 0 Å². The maximum absolute atomic E-state index is 11.5. The molecular formula is C14H28N2O2. The topological polar surface area (TPSA) is 52.6 Å². The molecule has 2 N–H and O–H groups in total. The zero-order valence-corrected chi connectivity index (χ0v) is 12.0. The van der Waals surface area contributed by atoms with Crippen LogP contribution in [0.15, 0.2) is 0 Å². The van der Waals surface area contributed by atoms with Gasteiger partial charge < -0.3 is 10.0 Å². The molecule has 0 aromatic heterocycles. The predicted molar refractivity (Wildman–Crippen MR) is 73.8 cm³/mol. The van der Waals surface area contributed by atoms with Gasteiger partial charge in [0.05, 0.1) is 0 Å². The van der Waals surface area contributed by atoms with Gasteiger partial charge in [-0.2, -0.15) is 0 Å². The second-order valence-electron chi connectivity index (χ2n) is 5.98. The molecule has 1 heterocycles. The highest BCUT2D eigenvalue weighted by molar-refractivity contribution is 5.78. The molecule has 4 nitrogen and oxygen atoms in total. The standard InChI is InChI=1S/C14H28N2O2/c1-12(2)15-14(3,13(17)18)11-16-9-7-5-4-6-8-10-16/h12,15H,4-11H2,1-3H3,(H,17,18). The van der Waals surface area contributed by atoms with Gasteiger partial charge in [-0.15, -0.1) is 0 Å². The summed E-state index contributed by atoms with van der Waals surface area (Å²) in [5, 5.41) is 12.6. The molecule has 0 aromatic rings. The fourth-order valence-corrected chi connectivity index (χ4v) is 2.73. The monoisotopic (exact) mass is 256 g/mol. The molecule has 0 aromatic carbocycles. The number of aliphatic carboxylic acids is 1. The third-order valence-corrected chi connectivity index (χ3v) is 3.57. The van der Waals surface area contributed by atoms with Crippen molar-refractivity contribution >= 4 is 5.97 Å². The maximum atomic E-state index is 11.5. The minimum atomic E-state index is -0.840. The molecule has 1 aliphatic heterocycles. The van der Waals surface area contributed by atoms with Gasteiger partial charge in [-0.05, 0) is 46.7 Å². The van der Waals surface area contributed by atoms with E-state index in [-0.39, 0.29) is 6.04 Å². The van der Waals surface area contributed by atoms with Crippen molar-refractivity contribution in [3.8, 4) is 0 Å². The largest absolute Gasteiger partial charge is 0.480 e. The van der Waals surface area contributed by atoms with Crippen molar-refractivity contribution in [1.82, 2.24) is 10.2 Å². The number of nitrogens with one attached hydrogen (secondary N) is 1. The molecule has 1 rings (SSSR count). The number of hydrogen-bond donors (Lipinski definition) is 2. The Kier molecular flexibility index (Phi) is 6.09. The Morgan fingerprint density at radius 1 is 1.22 bits per heavy atom. The summed E-state index contributed by atoms with van der Waals surface area (Å²) in [5.74, 6) is -0.752. The molecule has 1 unspecified atom stereocenters. The van der Waals surface area contributed by atoms with Crippen molar-refractivity contribution in [3.05, 3.63) is 0 Å². The average molecular weight is 256 g/mol. The van der Waals surface area contributed by atoms with Gasteiger partial charge in [0.25, 0.3) is 0 Å². The molecule has 1 atom stereocenters. The zero-order valence-electron chi connectivity index (χ0n) is 12.0. The van der Waals surface area contributed by atoms with E-state index in [0.717, 1.165) is 13.1 Å². The second-order valence-corrected chi connectivity index (χ2v) is 5.98. The Labute approximate surface area is 111 Å². The van der Waals surface area contributed by atoms with Gasteiger partial charge in [-0.25, -0.2) is 0 Å². The van der Waals surface area contributed by atoms with Gasteiger partial charge in [0.1, 0.15) is 5.54 Å². The Hall–Kier alpha value is -0.610.